The van der Waals surface area contributed by atoms with Crippen LogP contribution in [-0.4, -0.2) is 74.5 Å². The summed E-state index contributed by atoms with van der Waals surface area (Å²) >= 11 is 0. The molecule has 1 saturated heterocycles. The Kier molecular flexibility index (Phi) is 11.2. The highest BCUT2D eigenvalue weighted by Crippen LogP contribution is 2.32. The molecule has 14 nitrogen and oxygen atoms in total. The summed E-state index contributed by atoms with van der Waals surface area (Å²) in [6.07, 6.45) is -2.27. The average molecular weight is 805 g/mol. The minimum atomic E-state index is -4.69. The molecule has 3 heterocycles. The van der Waals surface area contributed by atoms with Crippen molar-refractivity contribution in [3.8, 4) is 28.8 Å². The van der Waals surface area contributed by atoms with Crippen molar-refractivity contribution in [2.45, 2.75) is 64.1 Å². The first-order chi connectivity index (χ1) is 26.9. The number of benzene rings is 3. The molecule has 2 aromatic heterocycles. The second kappa shape index (κ2) is 15.7. The minimum Gasteiger partial charge on any atom is -0.338 e. The van der Waals surface area contributed by atoms with Crippen molar-refractivity contribution in [3.63, 3.8) is 0 Å². The molecule has 0 saturated carbocycles. The highest BCUT2D eigenvalue weighted by Gasteiger charge is 2.33. The van der Waals surface area contributed by atoms with E-state index in [1.807, 2.05) is 13.0 Å². The summed E-state index contributed by atoms with van der Waals surface area (Å²) in [6.45, 7) is 7.44. The van der Waals surface area contributed by atoms with Gasteiger partial charge in [0.05, 0.1) is 51.1 Å². The van der Waals surface area contributed by atoms with Gasteiger partial charge < -0.3 is 15.5 Å². The van der Waals surface area contributed by atoms with E-state index in [9.17, 15) is 45.8 Å². The standard InChI is InChI=1S/C39H39F3N8O6S/c1-23-24(2)28(20-34(25(23)3)57(54,55)56)12-16-44-36(51)47-18-14-30(15-19-47)46-37(52)49-35(33-13-17-45-50(33)31-10-8-27(22-43)9-11-31)26(4)48(38(49)53)32-7-5-6-29(21-32)39(40,41)42/h5-11,13,17,20-21,30H,12,14-16,18-19H2,1-4H3,(H,44,51)(H,46,52)(H,54,55,56). The Morgan fingerprint density at radius 3 is 2.26 bits per heavy atom. The van der Waals surface area contributed by atoms with Gasteiger partial charge in [0.2, 0.25) is 0 Å². The molecule has 0 atom stereocenters. The van der Waals surface area contributed by atoms with Crippen LogP contribution < -0.4 is 16.3 Å². The fourth-order valence-corrected chi connectivity index (χ4v) is 7.91. The summed E-state index contributed by atoms with van der Waals surface area (Å²) in [7, 11) is -4.43. The topological polar surface area (TPSA) is 184 Å². The Morgan fingerprint density at radius 2 is 1.63 bits per heavy atom. The zero-order chi connectivity index (χ0) is 41.4. The number of hydrogen-bond donors (Lipinski definition) is 3. The van der Waals surface area contributed by atoms with Gasteiger partial charge in [0.25, 0.3) is 10.1 Å². The number of urea groups is 1. The van der Waals surface area contributed by atoms with Gasteiger partial charge >= 0.3 is 23.9 Å². The summed E-state index contributed by atoms with van der Waals surface area (Å²) in [5, 5.41) is 19.4. The third-order valence-electron chi connectivity index (χ3n) is 10.4. The van der Waals surface area contributed by atoms with Gasteiger partial charge in [-0.3, -0.25) is 9.12 Å². The van der Waals surface area contributed by atoms with E-state index in [0.29, 0.717) is 41.6 Å². The van der Waals surface area contributed by atoms with Crippen LogP contribution in [0.15, 0.2) is 76.6 Å². The third-order valence-corrected chi connectivity index (χ3v) is 11.4. The summed E-state index contributed by atoms with van der Waals surface area (Å²) < 4.78 is 78.0. The quantitative estimate of drug-likeness (QED) is 0.164. The number of nitrogens with one attached hydrogen (secondary N) is 2. The number of carbonyl (C=O) groups excluding carboxylic acids is 2. The van der Waals surface area contributed by atoms with Gasteiger partial charge in [0.1, 0.15) is 5.69 Å². The summed E-state index contributed by atoms with van der Waals surface area (Å²) in [6, 6.07) is 14.0. The molecule has 298 valence electrons. The maximum Gasteiger partial charge on any atom is 0.416 e. The molecule has 0 radical (unpaired) electrons. The lowest BCUT2D eigenvalue weighted by atomic mass is 9.97. The molecule has 6 rings (SSSR count). The summed E-state index contributed by atoms with van der Waals surface area (Å²) in [4.78, 5) is 42.7. The van der Waals surface area contributed by atoms with Gasteiger partial charge in [-0.15, -0.1) is 0 Å². The Labute approximate surface area is 325 Å². The number of amides is 3. The van der Waals surface area contributed by atoms with E-state index in [0.717, 1.165) is 32.4 Å². The first-order valence-electron chi connectivity index (χ1n) is 17.9. The van der Waals surface area contributed by atoms with E-state index in [1.54, 1.807) is 49.1 Å². The van der Waals surface area contributed by atoms with Crippen LogP contribution >= 0.6 is 0 Å². The molecule has 0 bridgehead atoms. The van der Waals surface area contributed by atoms with Crippen LogP contribution in [0.5, 0.6) is 0 Å². The lowest BCUT2D eigenvalue weighted by Gasteiger charge is -2.32. The van der Waals surface area contributed by atoms with E-state index in [1.165, 1.54) is 36.0 Å². The number of likely N-dealkylation sites (tertiary alicyclic amines) is 1. The first-order valence-corrected chi connectivity index (χ1v) is 19.3. The molecule has 0 unspecified atom stereocenters. The number of aromatic nitrogens is 4. The minimum absolute atomic E-state index is 0.0799. The van der Waals surface area contributed by atoms with Crippen molar-refractivity contribution in [3.05, 3.63) is 116 Å². The van der Waals surface area contributed by atoms with Gasteiger partial charge in [-0.2, -0.15) is 31.9 Å². The molecule has 1 fully saturated rings. The van der Waals surface area contributed by atoms with E-state index >= 15 is 0 Å². The van der Waals surface area contributed by atoms with Crippen LogP contribution in [-0.2, 0) is 22.7 Å². The van der Waals surface area contributed by atoms with Gasteiger partial charge in [0, 0.05) is 25.7 Å². The smallest absolute Gasteiger partial charge is 0.338 e. The highest BCUT2D eigenvalue weighted by atomic mass is 32.2. The SMILES string of the molecule is Cc1c(CCNC(=O)N2CCC(NC(=O)n3c(-c4ccnn4-c4ccc(C#N)cc4)c(C)n(-c4cccc(C(F)(F)F)c4)c3=O)CC2)cc(S(=O)(=O)O)c(C)c1C. The van der Waals surface area contributed by atoms with E-state index in [2.05, 4.69) is 15.7 Å². The number of carbonyl (C=O) groups is 2. The number of imidazole rings is 1. The highest BCUT2D eigenvalue weighted by molar-refractivity contribution is 7.85. The first kappa shape index (κ1) is 40.5. The predicted octanol–water partition coefficient (Wildman–Crippen LogP) is 5.84. The van der Waals surface area contributed by atoms with Crippen LogP contribution in [0.25, 0.3) is 22.8 Å². The Morgan fingerprint density at radius 1 is 0.947 bits per heavy atom. The van der Waals surface area contributed by atoms with Gasteiger partial charge in [0.15, 0.2) is 0 Å². The Bertz CT molecular complexity index is 2580. The molecule has 57 heavy (non-hydrogen) atoms. The number of halogens is 3. The number of nitrogens with zero attached hydrogens (tertiary/aromatic N) is 6. The monoisotopic (exact) mass is 804 g/mol. The molecule has 3 amide bonds. The summed E-state index contributed by atoms with van der Waals surface area (Å²) in [5.74, 6) is 0. The molecule has 0 spiro atoms. The van der Waals surface area contributed by atoms with Gasteiger partial charge in [-0.05, 0) is 124 Å². The molecule has 3 N–H and O–H groups in total. The Hall–Kier alpha value is -6.19. The average Bonchev–Trinajstić information content (AvgIpc) is 3.75. The molecular weight excluding hydrogens is 766 g/mol. The van der Waals surface area contributed by atoms with Crippen LogP contribution in [0.1, 0.15) is 51.9 Å². The largest absolute Gasteiger partial charge is 0.416 e. The number of hydrogen-bond acceptors (Lipinski definition) is 7. The lowest BCUT2D eigenvalue weighted by molar-refractivity contribution is -0.137. The van der Waals surface area contributed by atoms with Gasteiger partial charge in [-0.1, -0.05) is 6.07 Å². The number of nitriles is 1. The number of rotatable bonds is 8. The van der Waals surface area contributed by atoms with Crippen molar-refractivity contribution in [2.24, 2.45) is 0 Å². The zero-order valence-corrected chi connectivity index (χ0v) is 32.2. The van der Waals surface area contributed by atoms with Crippen molar-refractivity contribution in [2.75, 3.05) is 19.6 Å². The third kappa shape index (κ3) is 8.20. The molecule has 1 aliphatic rings. The second-order valence-electron chi connectivity index (χ2n) is 13.8. The molecule has 0 aliphatic carbocycles. The Balaban J connectivity index is 1.21. The zero-order valence-electron chi connectivity index (χ0n) is 31.4. The molecule has 5 aromatic rings. The normalized spacial score (nSPS) is 13.7. The van der Waals surface area contributed by atoms with Gasteiger partial charge in [-0.25, -0.2) is 23.6 Å². The van der Waals surface area contributed by atoms with Crippen molar-refractivity contribution in [1.29, 1.82) is 5.26 Å². The van der Waals surface area contributed by atoms with Crippen LogP contribution in [0.4, 0.5) is 22.8 Å². The molecule has 1 aliphatic heterocycles. The summed E-state index contributed by atoms with van der Waals surface area (Å²) in [5.41, 5.74) is 2.13. The van der Waals surface area contributed by atoms with Crippen molar-refractivity contribution < 1.29 is 35.7 Å². The fraction of sp³-hybridized carbons (Fsp3) is 0.308. The number of piperidine rings is 1. The van der Waals surface area contributed by atoms with Crippen molar-refractivity contribution in [1.82, 2.24) is 34.4 Å². The predicted molar refractivity (Wildman–Crippen MR) is 203 cm³/mol. The van der Waals surface area contributed by atoms with E-state index < -0.39 is 39.6 Å². The number of alkyl halides is 3. The fourth-order valence-electron chi connectivity index (χ4n) is 7.08. The van der Waals surface area contributed by atoms with Crippen LogP contribution in [0.3, 0.4) is 0 Å². The van der Waals surface area contributed by atoms with E-state index in [-0.39, 0.29) is 53.3 Å². The second-order valence-corrected chi connectivity index (χ2v) is 15.2. The van der Waals surface area contributed by atoms with Crippen LogP contribution in [0, 0.1) is 39.0 Å². The van der Waals surface area contributed by atoms with Crippen molar-refractivity contribution >= 4 is 22.2 Å². The maximum atomic E-state index is 14.2. The molecule has 3 aromatic carbocycles. The van der Waals surface area contributed by atoms with E-state index in [4.69, 9.17) is 0 Å². The molecular formula is C39H39F3N8O6S. The lowest BCUT2D eigenvalue weighted by Crippen LogP contribution is -2.51. The molecule has 18 heteroatoms. The van der Waals surface area contributed by atoms with Crippen LogP contribution in [0.2, 0.25) is 0 Å². The maximum absolute atomic E-state index is 14.2.